The predicted molar refractivity (Wildman–Crippen MR) is 138 cm³/mol. The zero-order valence-electron chi connectivity index (χ0n) is 19.8. The van der Waals surface area contributed by atoms with Gasteiger partial charge in [-0.05, 0) is 35.9 Å². The molecule has 5 aromatic rings. The number of nitrogens with zero attached hydrogens (tertiary/aromatic N) is 5. The lowest BCUT2D eigenvalue weighted by molar-refractivity contribution is -0.117. The number of hydrogen-bond donors (Lipinski definition) is 1. The van der Waals surface area contributed by atoms with Crippen molar-refractivity contribution in [3.8, 4) is 22.5 Å². The summed E-state index contributed by atoms with van der Waals surface area (Å²) in [5.74, 6) is 1.26. The van der Waals surface area contributed by atoms with Gasteiger partial charge in [0.05, 0.1) is 24.6 Å². The molecular weight excluding hydrogens is 452 g/mol. The smallest absolute Gasteiger partial charge is 0.143 e. The second-order valence-corrected chi connectivity index (χ2v) is 8.94. The van der Waals surface area contributed by atoms with E-state index in [4.69, 9.17) is 9.72 Å². The number of ether oxygens (including phenoxy) is 1. The van der Waals surface area contributed by atoms with Gasteiger partial charge in [-0.15, -0.1) is 0 Å². The number of carbonyl (C=O) groups excluding carboxylic acids is 1. The van der Waals surface area contributed by atoms with E-state index in [1.807, 2.05) is 54.6 Å². The average Bonchev–Trinajstić information content (AvgIpc) is 3.57. The summed E-state index contributed by atoms with van der Waals surface area (Å²) >= 11 is 0. The molecule has 180 valence electrons. The maximum atomic E-state index is 12.7. The number of nitrogens with one attached hydrogen (secondary N) is 1. The standard InChI is InChI=1S/C28H26N6O2/c35-24(17-23-18-25(32-31-23)22-8-10-29-11-9-22)16-20-4-6-21(7-5-20)26-19-34-27(30-26)2-1-3-28(34)33-12-14-36-15-13-33/h1-11,18-19H,12-17H2,(H,31,32). The molecule has 1 aliphatic rings. The number of carbonyl (C=O) groups is 1. The van der Waals surface area contributed by atoms with Crippen molar-refractivity contribution in [2.24, 2.45) is 0 Å². The minimum absolute atomic E-state index is 0.135. The first kappa shape index (κ1) is 22.2. The highest BCUT2D eigenvalue weighted by Gasteiger charge is 2.16. The normalized spacial score (nSPS) is 13.8. The van der Waals surface area contributed by atoms with Crippen molar-refractivity contribution in [2.45, 2.75) is 12.8 Å². The number of Topliss-reactive ketones (excluding diaryl/α,β-unsaturated/α-hetero) is 1. The molecule has 0 unspecified atom stereocenters. The first-order valence-corrected chi connectivity index (χ1v) is 12.1. The maximum absolute atomic E-state index is 12.7. The highest BCUT2D eigenvalue weighted by atomic mass is 16.5. The second-order valence-electron chi connectivity index (χ2n) is 8.94. The Morgan fingerprint density at radius 1 is 0.917 bits per heavy atom. The number of imidazole rings is 1. The van der Waals surface area contributed by atoms with Crippen molar-refractivity contribution >= 4 is 17.2 Å². The lowest BCUT2D eigenvalue weighted by Crippen LogP contribution is -2.37. The van der Waals surface area contributed by atoms with Crippen LogP contribution in [-0.2, 0) is 22.4 Å². The molecule has 36 heavy (non-hydrogen) atoms. The summed E-state index contributed by atoms with van der Waals surface area (Å²) in [6.07, 6.45) is 6.23. The SMILES string of the molecule is O=C(Cc1ccc(-c2cn3c(N4CCOCC4)cccc3n2)cc1)Cc1cc(-c2ccncc2)n[nH]1. The fourth-order valence-corrected chi connectivity index (χ4v) is 4.60. The van der Waals surface area contributed by atoms with Gasteiger partial charge >= 0.3 is 0 Å². The van der Waals surface area contributed by atoms with Crippen LogP contribution in [0.15, 0.2) is 79.3 Å². The summed E-state index contributed by atoms with van der Waals surface area (Å²) in [6.45, 7) is 3.23. The summed E-state index contributed by atoms with van der Waals surface area (Å²) in [5, 5.41) is 7.30. The van der Waals surface area contributed by atoms with E-state index < -0.39 is 0 Å². The van der Waals surface area contributed by atoms with Crippen molar-refractivity contribution in [3.63, 3.8) is 0 Å². The van der Waals surface area contributed by atoms with E-state index in [2.05, 4.69) is 36.7 Å². The number of pyridine rings is 2. The van der Waals surface area contributed by atoms with E-state index in [-0.39, 0.29) is 5.78 Å². The Morgan fingerprint density at radius 2 is 1.69 bits per heavy atom. The number of aromatic amines is 1. The number of anilines is 1. The molecule has 0 atom stereocenters. The Kier molecular flexibility index (Phi) is 6.01. The lowest BCUT2D eigenvalue weighted by atomic mass is 10.0. The quantitative estimate of drug-likeness (QED) is 0.381. The third-order valence-electron chi connectivity index (χ3n) is 6.45. The topological polar surface area (TPSA) is 88.4 Å². The molecule has 1 aromatic carbocycles. The molecule has 8 heteroatoms. The van der Waals surface area contributed by atoms with Gasteiger partial charge in [0, 0.05) is 61.3 Å². The van der Waals surface area contributed by atoms with Crippen molar-refractivity contribution in [1.29, 1.82) is 0 Å². The fraction of sp³-hybridized carbons (Fsp3) is 0.214. The third kappa shape index (κ3) is 4.63. The zero-order chi connectivity index (χ0) is 24.3. The molecule has 1 fully saturated rings. The molecule has 1 N–H and O–H groups in total. The monoisotopic (exact) mass is 478 g/mol. The Hall–Kier alpha value is -4.30. The summed E-state index contributed by atoms with van der Waals surface area (Å²) in [5.41, 5.74) is 6.43. The number of H-pyrrole nitrogens is 1. The Labute approximate surface area is 208 Å². The van der Waals surface area contributed by atoms with Gasteiger partial charge < -0.3 is 9.64 Å². The fourth-order valence-electron chi connectivity index (χ4n) is 4.60. The molecule has 0 spiro atoms. The highest BCUT2D eigenvalue weighted by molar-refractivity contribution is 5.83. The highest BCUT2D eigenvalue weighted by Crippen LogP contribution is 2.25. The molecule has 1 saturated heterocycles. The maximum Gasteiger partial charge on any atom is 0.143 e. The second kappa shape index (κ2) is 9.75. The largest absolute Gasteiger partial charge is 0.378 e. The van der Waals surface area contributed by atoms with E-state index in [1.54, 1.807) is 12.4 Å². The number of morpholine rings is 1. The molecule has 0 radical (unpaired) electrons. The van der Waals surface area contributed by atoms with E-state index >= 15 is 0 Å². The van der Waals surface area contributed by atoms with Crippen LogP contribution in [0.2, 0.25) is 0 Å². The Bertz CT molecular complexity index is 1480. The van der Waals surface area contributed by atoms with Gasteiger partial charge in [0.1, 0.15) is 17.2 Å². The Morgan fingerprint density at radius 3 is 2.50 bits per heavy atom. The predicted octanol–water partition coefficient (Wildman–Crippen LogP) is 3.98. The van der Waals surface area contributed by atoms with Gasteiger partial charge in [0.15, 0.2) is 0 Å². The summed E-state index contributed by atoms with van der Waals surface area (Å²) in [6, 6.07) is 20.0. The molecule has 0 bridgehead atoms. The summed E-state index contributed by atoms with van der Waals surface area (Å²) in [4.78, 5) is 23.9. The lowest BCUT2D eigenvalue weighted by Gasteiger charge is -2.29. The number of benzene rings is 1. The van der Waals surface area contributed by atoms with Gasteiger partial charge in [-0.2, -0.15) is 5.10 Å². The first-order valence-electron chi connectivity index (χ1n) is 12.1. The van der Waals surface area contributed by atoms with Crippen LogP contribution >= 0.6 is 0 Å². The number of fused-ring (bicyclic) bond motifs is 1. The van der Waals surface area contributed by atoms with Crippen LogP contribution in [0, 0.1) is 0 Å². The van der Waals surface area contributed by atoms with Gasteiger partial charge in [0.2, 0.25) is 0 Å². The van der Waals surface area contributed by atoms with Gasteiger partial charge in [-0.1, -0.05) is 30.3 Å². The summed E-state index contributed by atoms with van der Waals surface area (Å²) in [7, 11) is 0. The van der Waals surface area contributed by atoms with Crippen LogP contribution in [0.25, 0.3) is 28.2 Å². The molecule has 0 saturated carbocycles. The molecule has 4 aromatic heterocycles. The Balaban J connectivity index is 1.14. The van der Waals surface area contributed by atoms with Crippen LogP contribution < -0.4 is 4.90 Å². The van der Waals surface area contributed by atoms with Crippen LogP contribution in [0.3, 0.4) is 0 Å². The van der Waals surface area contributed by atoms with E-state index in [9.17, 15) is 4.79 Å². The molecule has 5 heterocycles. The van der Waals surface area contributed by atoms with Crippen molar-refractivity contribution in [3.05, 3.63) is 90.5 Å². The van der Waals surface area contributed by atoms with E-state index in [1.165, 1.54) is 0 Å². The van der Waals surface area contributed by atoms with Crippen LogP contribution in [0.5, 0.6) is 0 Å². The van der Waals surface area contributed by atoms with Crippen LogP contribution in [0.4, 0.5) is 5.82 Å². The zero-order valence-corrected chi connectivity index (χ0v) is 19.8. The minimum atomic E-state index is 0.135. The molecule has 1 aliphatic heterocycles. The number of aromatic nitrogens is 5. The van der Waals surface area contributed by atoms with Crippen molar-refractivity contribution in [1.82, 2.24) is 24.6 Å². The van der Waals surface area contributed by atoms with E-state index in [0.717, 1.165) is 71.5 Å². The minimum Gasteiger partial charge on any atom is -0.378 e. The molecule has 8 nitrogen and oxygen atoms in total. The third-order valence-corrected chi connectivity index (χ3v) is 6.45. The molecule has 6 rings (SSSR count). The van der Waals surface area contributed by atoms with Gasteiger partial charge in [-0.25, -0.2) is 4.98 Å². The number of ketones is 1. The van der Waals surface area contributed by atoms with Crippen LogP contribution in [-0.4, -0.2) is 56.7 Å². The summed E-state index contributed by atoms with van der Waals surface area (Å²) < 4.78 is 7.64. The van der Waals surface area contributed by atoms with E-state index in [0.29, 0.717) is 12.8 Å². The van der Waals surface area contributed by atoms with Gasteiger partial charge in [0.25, 0.3) is 0 Å². The van der Waals surface area contributed by atoms with Gasteiger partial charge in [-0.3, -0.25) is 19.3 Å². The number of rotatable bonds is 7. The molecular formula is C28H26N6O2. The van der Waals surface area contributed by atoms with Crippen LogP contribution in [0.1, 0.15) is 11.3 Å². The van der Waals surface area contributed by atoms with Crippen molar-refractivity contribution < 1.29 is 9.53 Å². The number of hydrogen-bond acceptors (Lipinski definition) is 6. The molecule has 0 aliphatic carbocycles. The first-order chi connectivity index (χ1) is 17.7. The van der Waals surface area contributed by atoms with Crippen molar-refractivity contribution in [2.75, 3.05) is 31.2 Å². The average molecular weight is 479 g/mol. The molecule has 0 amide bonds.